The Morgan fingerprint density at radius 1 is 0.958 bits per heavy atom. The van der Waals surface area contributed by atoms with E-state index in [0.29, 0.717) is 12.0 Å². The summed E-state index contributed by atoms with van der Waals surface area (Å²) in [4.78, 5) is 2.47. The van der Waals surface area contributed by atoms with E-state index in [2.05, 4.69) is 85.5 Å². The number of para-hydroxylation sites is 1. The van der Waals surface area contributed by atoms with Gasteiger partial charge in [0.25, 0.3) is 0 Å². The van der Waals surface area contributed by atoms with Crippen LogP contribution in [-0.2, 0) is 0 Å². The lowest BCUT2D eigenvalue weighted by Crippen LogP contribution is -2.40. The van der Waals surface area contributed by atoms with Crippen LogP contribution in [0.4, 0.5) is 5.69 Å². The van der Waals surface area contributed by atoms with Gasteiger partial charge < -0.3 is 9.92 Å². The fraction of sp³-hybridized carbons (Fsp3) is 0.238. The average molecular weight is 316 g/mol. The molecule has 1 radical (unpaired) electrons. The van der Waals surface area contributed by atoms with Gasteiger partial charge in [-0.25, -0.2) is 0 Å². The van der Waals surface area contributed by atoms with Gasteiger partial charge in [-0.15, -0.1) is 0 Å². The van der Waals surface area contributed by atoms with Gasteiger partial charge in [0.2, 0.25) is 0 Å². The minimum absolute atomic E-state index is 0.226. The smallest absolute Gasteiger partial charge is 0.326 e. The molecule has 2 aromatic rings. The summed E-state index contributed by atoms with van der Waals surface area (Å²) in [5.74, 6) is 0.447. The second kappa shape index (κ2) is 7.54. The second-order valence-electron chi connectivity index (χ2n) is 6.33. The van der Waals surface area contributed by atoms with Gasteiger partial charge in [0.05, 0.1) is 12.1 Å². The molecule has 0 amide bonds. The van der Waals surface area contributed by atoms with Crippen LogP contribution in [0, 0.1) is 5.92 Å². The van der Waals surface area contributed by atoms with Crippen molar-refractivity contribution in [3.05, 3.63) is 84.5 Å². The zero-order valence-corrected chi connectivity index (χ0v) is 14.2. The van der Waals surface area contributed by atoms with Crippen LogP contribution in [0.25, 0.3) is 0 Å². The minimum Gasteiger partial charge on any atom is -0.450 e. The maximum absolute atomic E-state index is 9.14. The molecule has 2 aromatic carbocycles. The molecule has 3 heteroatoms. The summed E-state index contributed by atoms with van der Waals surface area (Å²) in [6.45, 7) is 4.50. The molecule has 3 rings (SSSR count). The summed E-state index contributed by atoms with van der Waals surface area (Å²) in [6, 6.07) is 19.2. The summed E-state index contributed by atoms with van der Waals surface area (Å²) in [7, 11) is 1.14. The molecule has 1 aliphatic rings. The predicted octanol–water partition coefficient (Wildman–Crippen LogP) is 3.62. The number of allylic oxidation sites excluding steroid dienone is 2. The Labute approximate surface area is 145 Å². The number of hydrogen-bond donors (Lipinski definition) is 1. The SMILES string of the molecule is CC1C=CC=CC1N(c1ccccc1)C(C)c1ccc([B]O)cc1. The topological polar surface area (TPSA) is 23.5 Å². The number of benzene rings is 2. The molecule has 121 valence electrons. The number of rotatable bonds is 5. The number of hydrogen-bond acceptors (Lipinski definition) is 2. The highest BCUT2D eigenvalue weighted by Gasteiger charge is 2.27. The monoisotopic (exact) mass is 316 g/mol. The first-order valence-electron chi connectivity index (χ1n) is 8.46. The quantitative estimate of drug-likeness (QED) is 0.852. The molecule has 0 bridgehead atoms. The van der Waals surface area contributed by atoms with Crippen molar-refractivity contribution in [1.29, 1.82) is 0 Å². The first kappa shape index (κ1) is 16.6. The largest absolute Gasteiger partial charge is 0.450 e. The molecule has 1 aliphatic carbocycles. The molecule has 2 nitrogen and oxygen atoms in total. The van der Waals surface area contributed by atoms with Gasteiger partial charge in [-0.1, -0.05) is 79.2 Å². The molecular weight excluding hydrogens is 293 g/mol. The highest BCUT2D eigenvalue weighted by molar-refractivity contribution is 6.45. The molecule has 0 aromatic heterocycles. The Morgan fingerprint density at radius 2 is 1.62 bits per heavy atom. The van der Waals surface area contributed by atoms with Crippen molar-refractivity contribution < 1.29 is 5.02 Å². The Hall–Kier alpha value is -2.26. The van der Waals surface area contributed by atoms with Crippen LogP contribution >= 0.6 is 0 Å². The second-order valence-corrected chi connectivity index (χ2v) is 6.33. The van der Waals surface area contributed by atoms with Crippen LogP contribution in [0.15, 0.2) is 78.9 Å². The molecule has 0 spiro atoms. The van der Waals surface area contributed by atoms with Gasteiger partial charge in [0.1, 0.15) is 0 Å². The van der Waals surface area contributed by atoms with E-state index in [9.17, 15) is 0 Å². The van der Waals surface area contributed by atoms with Crippen LogP contribution in [-0.4, -0.2) is 18.5 Å². The van der Waals surface area contributed by atoms with E-state index in [0.717, 1.165) is 12.9 Å². The summed E-state index contributed by atoms with van der Waals surface area (Å²) in [5.41, 5.74) is 3.28. The molecular formula is C21H23BNO. The molecule has 3 atom stereocenters. The van der Waals surface area contributed by atoms with E-state index < -0.39 is 0 Å². The highest BCUT2D eigenvalue weighted by Crippen LogP contribution is 2.33. The zero-order valence-electron chi connectivity index (χ0n) is 14.2. The van der Waals surface area contributed by atoms with Crippen molar-refractivity contribution in [2.75, 3.05) is 4.90 Å². The first-order valence-corrected chi connectivity index (χ1v) is 8.46. The van der Waals surface area contributed by atoms with E-state index in [1.54, 1.807) is 0 Å². The molecule has 1 N–H and O–H groups in total. The van der Waals surface area contributed by atoms with Crippen LogP contribution in [0.5, 0.6) is 0 Å². The minimum atomic E-state index is 0.226. The van der Waals surface area contributed by atoms with Crippen LogP contribution < -0.4 is 10.4 Å². The van der Waals surface area contributed by atoms with Crippen molar-refractivity contribution in [1.82, 2.24) is 0 Å². The van der Waals surface area contributed by atoms with Gasteiger partial charge >= 0.3 is 7.48 Å². The molecule has 0 saturated heterocycles. The lowest BCUT2D eigenvalue weighted by Gasteiger charge is -2.40. The van der Waals surface area contributed by atoms with Crippen molar-refractivity contribution in [3.8, 4) is 0 Å². The van der Waals surface area contributed by atoms with Crippen molar-refractivity contribution >= 4 is 18.6 Å². The molecule has 0 fully saturated rings. The Morgan fingerprint density at radius 3 is 2.25 bits per heavy atom. The normalized spacial score (nSPS) is 20.6. The fourth-order valence-corrected chi connectivity index (χ4v) is 3.33. The standard InChI is InChI=1S/C21H23BNO/c1-16-8-6-7-11-21(16)23(20-9-4-3-5-10-20)17(2)18-12-14-19(22-24)15-13-18/h3-17,21,24H,1-2H3. The molecule has 24 heavy (non-hydrogen) atoms. The Bertz CT molecular complexity index is 708. The molecule has 0 heterocycles. The summed E-state index contributed by atoms with van der Waals surface area (Å²) >= 11 is 0. The van der Waals surface area contributed by atoms with E-state index in [1.807, 2.05) is 12.1 Å². The van der Waals surface area contributed by atoms with Crippen molar-refractivity contribution in [2.24, 2.45) is 5.92 Å². The third-order valence-electron chi connectivity index (χ3n) is 4.73. The zero-order chi connectivity index (χ0) is 16.9. The molecule has 0 saturated carbocycles. The van der Waals surface area contributed by atoms with E-state index in [-0.39, 0.29) is 6.04 Å². The van der Waals surface area contributed by atoms with Crippen molar-refractivity contribution in [2.45, 2.75) is 25.9 Å². The Balaban J connectivity index is 1.97. The van der Waals surface area contributed by atoms with Gasteiger partial charge in [-0.3, -0.25) is 0 Å². The van der Waals surface area contributed by atoms with Crippen LogP contribution in [0.2, 0.25) is 0 Å². The molecule has 3 unspecified atom stereocenters. The van der Waals surface area contributed by atoms with Crippen LogP contribution in [0.1, 0.15) is 25.5 Å². The van der Waals surface area contributed by atoms with Gasteiger partial charge in [0, 0.05) is 5.69 Å². The first-order chi connectivity index (χ1) is 11.7. The lowest BCUT2D eigenvalue weighted by atomic mass is 9.87. The van der Waals surface area contributed by atoms with Crippen LogP contribution in [0.3, 0.4) is 0 Å². The van der Waals surface area contributed by atoms with E-state index in [4.69, 9.17) is 5.02 Å². The predicted molar refractivity (Wildman–Crippen MR) is 103 cm³/mol. The van der Waals surface area contributed by atoms with Crippen molar-refractivity contribution in [3.63, 3.8) is 0 Å². The summed E-state index contributed by atoms with van der Waals surface area (Å²) in [5, 5.41) is 9.14. The molecule has 0 aliphatic heterocycles. The summed E-state index contributed by atoms with van der Waals surface area (Å²) < 4.78 is 0. The van der Waals surface area contributed by atoms with E-state index in [1.165, 1.54) is 11.3 Å². The fourth-order valence-electron chi connectivity index (χ4n) is 3.33. The third-order valence-corrected chi connectivity index (χ3v) is 4.73. The maximum Gasteiger partial charge on any atom is 0.326 e. The lowest BCUT2D eigenvalue weighted by molar-refractivity contribution is 0.516. The third kappa shape index (κ3) is 3.47. The van der Waals surface area contributed by atoms with Gasteiger partial charge in [-0.05, 0) is 30.5 Å². The average Bonchev–Trinajstić information content (AvgIpc) is 2.64. The number of anilines is 1. The van der Waals surface area contributed by atoms with E-state index >= 15 is 0 Å². The highest BCUT2D eigenvalue weighted by atomic mass is 16.2. The maximum atomic E-state index is 9.14. The van der Waals surface area contributed by atoms with Gasteiger partial charge in [0.15, 0.2) is 0 Å². The summed E-state index contributed by atoms with van der Waals surface area (Å²) in [6.07, 6.45) is 8.80. The number of nitrogens with zero attached hydrogens (tertiary/aromatic N) is 1. The Kier molecular flexibility index (Phi) is 5.22. The van der Waals surface area contributed by atoms with Gasteiger partial charge in [-0.2, -0.15) is 0 Å².